The lowest BCUT2D eigenvalue weighted by atomic mass is 10.1. The summed E-state index contributed by atoms with van der Waals surface area (Å²) in [6.07, 6.45) is 2.40. The molecule has 0 atom stereocenters. The van der Waals surface area contributed by atoms with Gasteiger partial charge in [-0.3, -0.25) is 23.6 Å². The van der Waals surface area contributed by atoms with Gasteiger partial charge in [0.1, 0.15) is 12.4 Å². The predicted octanol–water partition coefficient (Wildman–Crippen LogP) is 3.67. The molecule has 0 bridgehead atoms. The zero-order chi connectivity index (χ0) is 36.3. The highest BCUT2D eigenvalue weighted by atomic mass is 35.5. The second kappa shape index (κ2) is 18.0. The third-order valence-corrected chi connectivity index (χ3v) is 11.6. The summed E-state index contributed by atoms with van der Waals surface area (Å²) >= 11 is 6.41. The number of aromatic nitrogens is 2. The molecule has 1 aromatic heterocycles. The fraction of sp³-hybridized carbons (Fsp3) is 0.355. The first-order chi connectivity index (χ1) is 23.7. The van der Waals surface area contributed by atoms with Crippen LogP contribution in [-0.2, 0) is 23.5 Å². The Labute approximate surface area is 293 Å². The minimum absolute atomic E-state index is 0.0634. The molecule has 1 amide bonds. The summed E-state index contributed by atoms with van der Waals surface area (Å²) in [5.74, 6) is -0.415. The average molecular weight is 753 g/mol. The molecule has 3 aromatic rings. The number of hydrogen-bond donors (Lipinski definition) is 6. The Morgan fingerprint density at radius 1 is 0.960 bits per heavy atom. The van der Waals surface area contributed by atoms with E-state index in [4.69, 9.17) is 40.6 Å². The van der Waals surface area contributed by atoms with Crippen molar-refractivity contribution in [2.45, 2.75) is 18.2 Å². The van der Waals surface area contributed by atoms with Gasteiger partial charge in [0.25, 0.3) is 0 Å². The lowest BCUT2D eigenvalue weighted by molar-refractivity contribution is -0.144. The summed E-state index contributed by atoms with van der Waals surface area (Å²) in [6, 6.07) is 14.5. The highest BCUT2D eigenvalue weighted by Gasteiger charge is 2.45. The first kappa shape index (κ1) is 39.1. The van der Waals surface area contributed by atoms with Gasteiger partial charge in [0.15, 0.2) is 5.40 Å². The van der Waals surface area contributed by atoms with Crippen molar-refractivity contribution >= 4 is 56.0 Å². The van der Waals surface area contributed by atoms with E-state index in [1.807, 2.05) is 30.3 Å². The summed E-state index contributed by atoms with van der Waals surface area (Å²) in [7, 11) is -10.4. The second-order valence-corrected chi connectivity index (χ2v) is 15.7. The fourth-order valence-corrected chi connectivity index (χ4v) is 7.55. The van der Waals surface area contributed by atoms with E-state index in [2.05, 4.69) is 37.0 Å². The molecule has 0 radical (unpaired) electrons. The molecule has 16 nitrogen and oxygen atoms in total. The molecule has 0 saturated carbocycles. The van der Waals surface area contributed by atoms with E-state index in [1.165, 1.54) is 12.3 Å². The Bertz CT molecular complexity index is 1730. The lowest BCUT2D eigenvalue weighted by Crippen LogP contribution is -2.47. The molecule has 19 heteroatoms. The second-order valence-electron chi connectivity index (χ2n) is 11.3. The molecular weight excluding hydrogens is 714 g/mol. The maximum atomic E-state index is 11.9. The van der Waals surface area contributed by atoms with Gasteiger partial charge in [0.2, 0.25) is 11.9 Å². The van der Waals surface area contributed by atoms with Crippen molar-refractivity contribution in [2.75, 3.05) is 63.1 Å². The number of benzene rings is 2. The van der Waals surface area contributed by atoms with Crippen LogP contribution in [-0.4, -0.2) is 109 Å². The van der Waals surface area contributed by atoms with Gasteiger partial charge in [0.05, 0.1) is 29.9 Å². The maximum absolute atomic E-state index is 11.9. The smallest absolute Gasteiger partial charge is 0.341 e. The van der Waals surface area contributed by atoms with Crippen molar-refractivity contribution < 1.29 is 47.8 Å². The fourth-order valence-electron chi connectivity index (χ4n) is 5.01. The van der Waals surface area contributed by atoms with E-state index < -0.39 is 33.0 Å². The summed E-state index contributed by atoms with van der Waals surface area (Å²) in [6.45, 7) is 8.07. The van der Waals surface area contributed by atoms with Gasteiger partial charge >= 0.3 is 21.2 Å². The first-order valence-electron chi connectivity index (χ1n) is 15.5. The Hall–Kier alpha value is -3.69. The van der Waals surface area contributed by atoms with Gasteiger partial charge in [-0.2, -0.15) is 0 Å². The number of amides is 1. The molecule has 0 spiro atoms. The number of carbonyl (C=O) groups excluding carboxylic acids is 2. The molecule has 2 heterocycles. The van der Waals surface area contributed by atoms with Gasteiger partial charge in [-0.1, -0.05) is 36.4 Å². The van der Waals surface area contributed by atoms with E-state index in [0.717, 1.165) is 26.1 Å². The number of anilines is 3. The van der Waals surface area contributed by atoms with E-state index in [9.17, 15) is 18.7 Å². The Balaban J connectivity index is 1.17. The topological polar surface area (TPSA) is 224 Å². The van der Waals surface area contributed by atoms with Crippen LogP contribution >= 0.6 is 26.8 Å². The minimum Gasteiger partial charge on any atom is -0.493 e. The number of halogens is 1. The highest BCUT2D eigenvalue weighted by Crippen LogP contribution is 2.61. The van der Waals surface area contributed by atoms with Crippen LogP contribution in [0.4, 0.5) is 17.3 Å². The van der Waals surface area contributed by atoms with Gasteiger partial charge in [-0.05, 0) is 36.8 Å². The van der Waals surface area contributed by atoms with E-state index >= 15 is 0 Å². The van der Waals surface area contributed by atoms with Crippen LogP contribution in [0.25, 0.3) is 11.3 Å². The largest absolute Gasteiger partial charge is 0.493 e. The minimum atomic E-state index is -5.19. The summed E-state index contributed by atoms with van der Waals surface area (Å²) in [5, 5.41) is 3.83. The van der Waals surface area contributed by atoms with Gasteiger partial charge in [0, 0.05) is 62.3 Å². The molecular formula is C31H39ClN6O10P2. The number of esters is 1. The Morgan fingerprint density at radius 2 is 1.62 bits per heavy atom. The van der Waals surface area contributed by atoms with Crippen LogP contribution in [0.3, 0.4) is 0 Å². The van der Waals surface area contributed by atoms with Crippen LogP contribution in [0, 0.1) is 0 Å². The van der Waals surface area contributed by atoms with Gasteiger partial charge < -0.3 is 44.6 Å². The van der Waals surface area contributed by atoms with Crippen molar-refractivity contribution in [3.05, 3.63) is 72.4 Å². The van der Waals surface area contributed by atoms with Crippen LogP contribution in [0.15, 0.2) is 67.4 Å². The molecule has 270 valence electrons. The summed E-state index contributed by atoms with van der Waals surface area (Å²) < 4.78 is 33.7. The van der Waals surface area contributed by atoms with Crippen molar-refractivity contribution in [1.29, 1.82) is 0 Å². The zero-order valence-corrected chi connectivity index (χ0v) is 29.5. The Kier molecular flexibility index (Phi) is 14.1. The van der Waals surface area contributed by atoms with Crippen LogP contribution in [0.5, 0.6) is 5.75 Å². The standard InChI is InChI=1S/C31H39ClN6O10P2/c1-2-27(39)34-23-7-3-6-22(18-23)30-26(32)21-33-31(36-30)35-24-8-4-9-25(19-24)47-16-5-10-37-11-13-38(14-12-37)15-17-48-28(40)20-29(49(41,42)43)50(44,45)46/h2-4,6-9,18-19,21,29H,1,5,10-17,20H2,(H,34,39)(H,33,35,36)(H2,41,42,43)(H2,44,45,46). The molecule has 1 aliphatic rings. The van der Waals surface area contributed by atoms with Crippen LogP contribution < -0.4 is 15.4 Å². The average Bonchev–Trinajstić information content (AvgIpc) is 3.06. The monoisotopic (exact) mass is 752 g/mol. The number of piperazine rings is 1. The molecule has 1 saturated heterocycles. The molecule has 0 aliphatic carbocycles. The summed E-state index contributed by atoms with van der Waals surface area (Å²) in [4.78, 5) is 73.5. The number of ether oxygens (including phenoxy) is 2. The van der Waals surface area contributed by atoms with Gasteiger partial charge in [-0.25, -0.2) is 9.97 Å². The first-order valence-corrected chi connectivity index (χ1v) is 19.2. The van der Waals surface area contributed by atoms with Crippen molar-refractivity contribution in [3.63, 3.8) is 0 Å². The highest BCUT2D eigenvalue weighted by molar-refractivity contribution is 7.70. The van der Waals surface area contributed by atoms with E-state index in [0.29, 0.717) is 65.6 Å². The molecule has 2 aromatic carbocycles. The van der Waals surface area contributed by atoms with Crippen molar-refractivity contribution in [3.8, 4) is 17.0 Å². The molecule has 50 heavy (non-hydrogen) atoms. The summed E-state index contributed by atoms with van der Waals surface area (Å²) in [5.41, 5.74) is 2.48. The van der Waals surface area contributed by atoms with Crippen molar-refractivity contribution in [2.24, 2.45) is 0 Å². The lowest BCUT2D eigenvalue weighted by Gasteiger charge is -2.34. The van der Waals surface area contributed by atoms with E-state index in [1.54, 1.807) is 18.2 Å². The third kappa shape index (κ3) is 12.3. The number of carbonyl (C=O) groups is 2. The molecule has 1 fully saturated rings. The molecule has 4 rings (SSSR count). The molecule has 1 aliphatic heterocycles. The normalized spacial score (nSPS) is 14.3. The van der Waals surface area contributed by atoms with Gasteiger partial charge in [-0.15, -0.1) is 0 Å². The number of hydrogen-bond acceptors (Lipinski definition) is 11. The Morgan fingerprint density at radius 3 is 2.30 bits per heavy atom. The quantitative estimate of drug-likeness (QED) is 0.0501. The van der Waals surface area contributed by atoms with E-state index in [-0.39, 0.29) is 12.5 Å². The number of nitrogens with one attached hydrogen (secondary N) is 2. The molecule has 0 unspecified atom stereocenters. The maximum Gasteiger partial charge on any atom is 0.341 e. The SMILES string of the molecule is C=CC(=O)Nc1cccc(-c2nc(Nc3cccc(OCCCN4CCN(CCOC(=O)CC(P(=O)(O)O)P(=O)(O)O)CC4)c3)ncc2Cl)c1. The van der Waals surface area contributed by atoms with Crippen molar-refractivity contribution in [1.82, 2.24) is 19.8 Å². The number of rotatable bonds is 17. The van der Waals surface area contributed by atoms with Crippen LogP contribution in [0.1, 0.15) is 12.8 Å². The van der Waals surface area contributed by atoms with Crippen LogP contribution in [0.2, 0.25) is 5.02 Å². The predicted molar refractivity (Wildman–Crippen MR) is 187 cm³/mol. The molecule has 6 N–H and O–H groups in total. The zero-order valence-electron chi connectivity index (χ0n) is 26.9. The third-order valence-electron chi connectivity index (χ3n) is 7.57. The number of nitrogens with zero attached hydrogens (tertiary/aromatic N) is 4.